The first-order valence-electron chi connectivity index (χ1n) is 3.76. The van der Waals surface area contributed by atoms with Gasteiger partial charge in [0.15, 0.2) is 0 Å². The second-order valence-corrected chi connectivity index (χ2v) is 3.32. The highest BCUT2D eigenvalue weighted by molar-refractivity contribution is 5.04. The average molecular weight is 167 g/mol. The summed E-state index contributed by atoms with van der Waals surface area (Å²) in [6, 6.07) is 1.70. The van der Waals surface area contributed by atoms with Crippen molar-refractivity contribution in [2.45, 2.75) is 19.4 Å². The van der Waals surface area contributed by atoms with Crippen LogP contribution in [0.2, 0.25) is 0 Å². The molecule has 1 heterocycles. The van der Waals surface area contributed by atoms with Gasteiger partial charge in [0.2, 0.25) is 5.88 Å². The minimum atomic E-state index is -0.328. The van der Waals surface area contributed by atoms with Crippen molar-refractivity contribution in [2.75, 3.05) is 6.61 Å². The summed E-state index contributed by atoms with van der Waals surface area (Å²) in [4.78, 5) is 7.66. The van der Waals surface area contributed by atoms with Gasteiger partial charge in [0.1, 0.15) is 12.9 Å². The molecule has 0 fully saturated rings. The van der Waals surface area contributed by atoms with Crippen molar-refractivity contribution in [1.82, 2.24) is 9.97 Å². The fourth-order valence-electron chi connectivity index (χ4n) is 0.624. The maximum Gasteiger partial charge on any atom is 0.216 e. The molecule has 4 heteroatoms. The standard InChI is InChI=1S/C8H13N3O/c1-8(2,9)5-12-7-3-4-10-6-11-7/h3-4,6H,5,9H2,1-2H3. The lowest BCUT2D eigenvalue weighted by Gasteiger charge is -2.17. The second kappa shape index (κ2) is 3.49. The van der Waals surface area contributed by atoms with Crippen molar-refractivity contribution in [1.29, 1.82) is 0 Å². The highest BCUT2D eigenvalue weighted by Crippen LogP contribution is 2.05. The van der Waals surface area contributed by atoms with E-state index >= 15 is 0 Å². The van der Waals surface area contributed by atoms with Crippen molar-refractivity contribution in [3.05, 3.63) is 18.6 Å². The van der Waals surface area contributed by atoms with E-state index in [2.05, 4.69) is 9.97 Å². The lowest BCUT2D eigenvalue weighted by Crippen LogP contribution is -2.38. The maximum atomic E-state index is 5.71. The van der Waals surface area contributed by atoms with Gasteiger partial charge in [0.25, 0.3) is 0 Å². The van der Waals surface area contributed by atoms with Crippen LogP contribution in [0.4, 0.5) is 0 Å². The van der Waals surface area contributed by atoms with Crippen molar-refractivity contribution < 1.29 is 4.74 Å². The molecule has 1 aromatic heterocycles. The fourth-order valence-corrected chi connectivity index (χ4v) is 0.624. The van der Waals surface area contributed by atoms with Gasteiger partial charge >= 0.3 is 0 Å². The zero-order chi connectivity index (χ0) is 9.03. The van der Waals surface area contributed by atoms with Gasteiger partial charge < -0.3 is 10.5 Å². The van der Waals surface area contributed by atoms with E-state index in [9.17, 15) is 0 Å². The first-order valence-corrected chi connectivity index (χ1v) is 3.76. The number of hydrogen-bond donors (Lipinski definition) is 1. The molecule has 0 saturated heterocycles. The number of aromatic nitrogens is 2. The number of nitrogens with zero attached hydrogens (tertiary/aromatic N) is 2. The Hall–Kier alpha value is -1.16. The quantitative estimate of drug-likeness (QED) is 0.715. The van der Waals surface area contributed by atoms with E-state index in [1.54, 1.807) is 12.3 Å². The Labute approximate surface area is 71.8 Å². The smallest absolute Gasteiger partial charge is 0.216 e. The molecule has 0 aliphatic heterocycles. The van der Waals surface area contributed by atoms with Gasteiger partial charge in [-0.2, -0.15) is 0 Å². The lowest BCUT2D eigenvalue weighted by atomic mass is 10.1. The van der Waals surface area contributed by atoms with Crippen LogP contribution in [-0.4, -0.2) is 22.1 Å². The van der Waals surface area contributed by atoms with Crippen molar-refractivity contribution in [3.63, 3.8) is 0 Å². The molecule has 0 unspecified atom stereocenters. The van der Waals surface area contributed by atoms with Gasteiger partial charge in [0, 0.05) is 17.8 Å². The summed E-state index contributed by atoms with van der Waals surface area (Å²) in [5, 5.41) is 0. The molecule has 0 atom stereocenters. The molecular weight excluding hydrogens is 154 g/mol. The lowest BCUT2D eigenvalue weighted by molar-refractivity contribution is 0.235. The topological polar surface area (TPSA) is 61.0 Å². The summed E-state index contributed by atoms with van der Waals surface area (Å²) >= 11 is 0. The second-order valence-electron chi connectivity index (χ2n) is 3.32. The largest absolute Gasteiger partial charge is 0.476 e. The number of hydrogen-bond acceptors (Lipinski definition) is 4. The van der Waals surface area contributed by atoms with Crippen molar-refractivity contribution in [3.8, 4) is 5.88 Å². The van der Waals surface area contributed by atoms with Crippen LogP contribution >= 0.6 is 0 Å². The third-order valence-electron chi connectivity index (χ3n) is 1.15. The van der Waals surface area contributed by atoms with Gasteiger partial charge in [-0.25, -0.2) is 9.97 Å². The summed E-state index contributed by atoms with van der Waals surface area (Å²) in [7, 11) is 0. The molecule has 0 aromatic carbocycles. The first-order chi connectivity index (χ1) is 5.58. The molecular formula is C8H13N3O. The molecule has 66 valence electrons. The minimum Gasteiger partial charge on any atom is -0.476 e. The van der Waals surface area contributed by atoms with Crippen LogP contribution in [0.5, 0.6) is 5.88 Å². The SMILES string of the molecule is CC(C)(N)COc1ccncn1. The monoisotopic (exact) mass is 167 g/mol. The van der Waals surface area contributed by atoms with Crippen LogP contribution in [0, 0.1) is 0 Å². The molecule has 2 N–H and O–H groups in total. The van der Waals surface area contributed by atoms with Crippen LogP contribution in [0.25, 0.3) is 0 Å². The Balaban J connectivity index is 2.44. The maximum absolute atomic E-state index is 5.71. The highest BCUT2D eigenvalue weighted by atomic mass is 16.5. The Bertz CT molecular complexity index is 230. The summed E-state index contributed by atoms with van der Waals surface area (Å²) in [5.74, 6) is 0.559. The molecule has 1 rings (SSSR count). The van der Waals surface area contributed by atoms with E-state index in [0.717, 1.165) is 0 Å². The van der Waals surface area contributed by atoms with E-state index in [1.807, 2.05) is 13.8 Å². The Morgan fingerprint density at radius 3 is 2.83 bits per heavy atom. The zero-order valence-electron chi connectivity index (χ0n) is 7.32. The normalized spacial score (nSPS) is 11.2. The van der Waals surface area contributed by atoms with E-state index in [4.69, 9.17) is 10.5 Å². The van der Waals surface area contributed by atoms with E-state index < -0.39 is 0 Å². The molecule has 4 nitrogen and oxygen atoms in total. The number of ether oxygens (including phenoxy) is 1. The summed E-state index contributed by atoms with van der Waals surface area (Å²) < 4.78 is 5.29. The van der Waals surface area contributed by atoms with Gasteiger partial charge in [-0.05, 0) is 13.8 Å². The van der Waals surface area contributed by atoms with E-state index in [0.29, 0.717) is 12.5 Å². The number of rotatable bonds is 3. The molecule has 0 spiro atoms. The van der Waals surface area contributed by atoms with E-state index in [1.165, 1.54) is 6.33 Å². The first kappa shape index (κ1) is 8.93. The number of nitrogens with two attached hydrogens (primary N) is 1. The summed E-state index contributed by atoms with van der Waals surface area (Å²) in [6.45, 7) is 4.24. The van der Waals surface area contributed by atoms with Gasteiger partial charge in [-0.15, -0.1) is 0 Å². The summed E-state index contributed by atoms with van der Waals surface area (Å²) in [5.41, 5.74) is 5.39. The average Bonchev–Trinajstić information content (AvgIpc) is 2.02. The molecule has 12 heavy (non-hydrogen) atoms. The molecule has 0 radical (unpaired) electrons. The molecule has 1 aromatic rings. The Morgan fingerprint density at radius 1 is 1.58 bits per heavy atom. The van der Waals surface area contributed by atoms with Crippen LogP contribution in [-0.2, 0) is 0 Å². The van der Waals surface area contributed by atoms with Crippen LogP contribution in [0.3, 0.4) is 0 Å². The Morgan fingerprint density at radius 2 is 2.33 bits per heavy atom. The molecule has 0 saturated carbocycles. The summed E-state index contributed by atoms with van der Waals surface area (Å²) in [6.07, 6.45) is 3.07. The van der Waals surface area contributed by atoms with Gasteiger partial charge in [-0.1, -0.05) is 0 Å². The Kier molecular flexibility index (Phi) is 2.60. The third-order valence-corrected chi connectivity index (χ3v) is 1.15. The zero-order valence-corrected chi connectivity index (χ0v) is 7.32. The van der Waals surface area contributed by atoms with Crippen LogP contribution < -0.4 is 10.5 Å². The van der Waals surface area contributed by atoms with Crippen LogP contribution in [0.15, 0.2) is 18.6 Å². The molecule has 0 aliphatic rings. The van der Waals surface area contributed by atoms with E-state index in [-0.39, 0.29) is 5.54 Å². The van der Waals surface area contributed by atoms with Gasteiger partial charge in [-0.3, -0.25) is 0 Å². The predicted molar refractivity (Wildman–Crippen MR) is 45.8 cm³/mol. The third kappa shape index (κ3) is 3.30. The molecule has 0 aliphatic carbocycles. The predicted octanol–water partition coefficient (Wildman–Crippen LogP) is 0.593. The molecule has 0 amide bonds. The van der Waals surface area contributed by atoms with Crippen LogP contribution in [0.1, 0.15) is 13.8 Å². The van der Waals surface area contributed by atoms with Crippen molar-refractivity contribution in [2.24, 2.45) is 5.73 Å². The minimum absolute atomic E-state index is 0.328. The molecule has 0 bridgehead atoms. The fraction of sp³-hybridized carbons (Fsp3) is 0.500. The highest BCUT2D eigenvalue weighted by Gasteiger charge is 2.11. The van der Waals surface area contributed by atoms with Crippen molar-refractivity contribution >= 4 is 0 Å². The van der Waals surface area contributed by atoms with Gasteiger partial charge in [0.05, 0.1) is 0 Å².